The Morgan fingerprint density at radius 3 is 2.76 bits per heavy atom. The molecule has 3 fully saturated rings. The molecule has 2 aliphatic carbocycles. The summed E-state index contributed by atoms with van der Waals surface area (Å²) in [6.07, 6.45) is 8.12. The van der Waals surface area contributed by atoms with Crippen LogP contribution in [0.4, 0.5) is 0 Å². The summed E-state index contributed by atoms with van der Waals surface area (Å²) in [5, 5.41) is 6.41. The van der Waals surface area contributed by atoms with Crippen LogP contribution in [0.2, 0.25) is 0 Å². The summed E-state index contributed by atoms with van der Waals surface area (Å²) in [5.74, 6) is 2.67. The van der Waals surface area contributed by atoms with Crippen molar-refractivity contribution in [2.45, 2.75) is 57.6 Å². The monoisotopic (exact) mass is 316 g/mol. The van der Waals surface area contributed by atoms with Crippen LogP contribution in [0, 0.1) is 17.8 Å². The van der Waals surface area contributed by atoms with Crippen LogP contribution in [-0.2, 0) is 9.53 Å². The molecule has 1 amide bonds. The first kappa shape index (κ1) is 17.0. The third-order valence-electron chi connectivity index (χ3n) is 5.51. The highest BCUT2D eigenvalue weighted by molar-refractivity contribution is 5.85. The molecule has 2 saturated carbocycles. The first-order chi connectivity index (χ1) is 9.72. The maximum Gasteiger partial charge on any atom is 0.234 e. The van der Waals surface area contributed by atoms with Crippen LogP contribution in [0.25, 0.3) is 0 Å². The van der Waals surface area contributed by atoms with Crippen molar-refractivity contribution in [1.82, 2.24) is 10.6 Å². The van der Waals surface area contributed by atoms with Gasteiger partial charge in [0.05, 0.1) is 12.6 Å². The average Bonchev–Trinajstić information content (AvgIpc) is 3.15. The lowest BCUT2D eigenvalue weighted by atomic mass is 9.84. The van der Waals surface area contributed by atoms with Crippen molar-refractivity contribution in [2.75, 3.05) is 19.7 Å². The molecule has 21 heavy (non-hydrogen) atoms. The number of halogens is 1. The quantitative estimate of drug-likeness (QED) is 0.789. The van der Waals surface area contributed by atoms with Crippen LogP contribution < -0.4 is 10.6 Å². The molecule has 5 unspecified atom stereocenters. The van der Waals surface area contributed by atoms with E-state index in [0.29, 0.717) is 18.7 Å². The Morgan fingerprint density at radius 2 is 2.14 bits per heavy atom. The van der Waals surface area contributed by atoms with Crippen molar-refractivity contribution in [1.29, 1.82) is 0 Å². The van der Waals surface area contributed by atoms with Gasteiger partial charge in [0, 0.05) is 19.2 Å². The molecule has 0 radical (unpaired) electrons. The average molecular weight is 317 g/mol. The summed E-state index contributed by atoms with van der Waals surface area (Å²) in [5.41, 5.74) is 0. The summed E-state index contributed by atoms with van der Waals surface area (Å²) in [6.45, 7) is 4.28. The highest BCUT2D eigenvalue weighted by atomic mass is 35.5. The third kappa shape index (κ3) is 4.33. The van der Waals surface area contributed by atoms with E-state index in [1.165, 1.54) is 25.7 Å². The van der Waals surface area contributed by atoms with E-state index in [9.17, 15) is 4.79 Å². The maximum atomic E-state index is 12.0. The molecule has 3 aliphatic rings. The van der Waals surface area contributed by atoms with Gasteiger partial charge in [0.2, 0.25) is 5.91 Å². The van der Waals surface area contributed by atoms with Gasteiger partial charge in [-0.1, -0.05) is 6.42 Å². The van der Waals surface area contributed by atoms with E-state index < -0.39 is 0 Å². The predicted molar refractivity (Wildman–Crippen MR) is 85.6 cm³/mol. The highest BCUT2D eigenvalue weighted by Crippen LogP contribution is 2.49. The van der Waals surface area contributed by atoms with Gasteiger partial charge in [-0.25, -0.2) is 0 Å². The minimum atomic E-state index is 0. The summed E-state index contributed by atoms with van der Waals surface area (Å²) in [6, 6.07) is 0.335. The Morgan fingerprint density at radius 1 is 1.29 bits per heavy atom. The Hall–Kier alpha value is -0.320. The first-order valence-electron chi connectivity index (χ1n) is 8.34. The van der Waals surface area contributed by atoms with E-state index in [0.717, 1.165) is 43.7 Å². The normalized spacial score (nSPS) is 35.5. The summed E-state index contributed by atoms with van der Waals surface area (Å²) in [4.78, 5) is 12.0. The number of nitrogens with one attached hydrogen (secondary N) is 2. The van der Waals surface area contributed by atoms with Crippen molar-refractivity contribution in [3.63, 3.8) is 0 Å². The van der Waals surface area contributed by atoms with Gasteiger partial charge in [0.1, 0.15) is 0 Å². The topological polar surface area (TPSA) is 50.4 Å². The van der Waals surface area contributed by atoms with Gasteiger partial charge in [0.15, 0.2) is 0 Å². The SMILES string of the molecule is CC(NC(=O)CNCC1CCCO1)C1CC2CCC1C2.Cl. The Kier molecular flexibility index (Phi) is 6.33. The van der Waals surface area contributed by atoms with E-state index in [4.69, 9.17) is 4.74 Å². The first-order valence-corrected chi connectivity index (χ1v) is 8.34. The van der Waals surface area contributed by atoms with Gasteiger partial charge in [-0.2, -0.15) is 0 Å². The fourth-order valence-corrected chi connectivity index (χ4v) is 4.47. The van der Waals surface area contributed by atoms with Gasteiger partial charge in [0.25, 0.3) is 0 Å². The van der Waals surface area contributed by atoms with Crippen LogP contribution in [0.15, 0.2) is 0 Å². The third-order valence-corrected chi connectivity index (χ3v) is 5.51. The fraction of sp³-hybridized carbons (Fsp3) is 0.938. The van der Waals surface area contributed by atoms with Crippen LogP contribution >= 0.6 is 12.4 Å². The van der Waals surface area contributed by atoms with Gasteiger partial charge in [-0.05, 0) is 56.8 Å². The summed E-state index contributed by atoms with van der Waals surface area (Å²) < 4.78 is 5.54. The number of rotatable bonds is 6. The number of ether oxygens (including phenoxy) is 1. The molecular formula is C16H29ClN2O2. The highest BCUT2D eigenvalue weighted by Gasteiger charge is 2.42. The molecular weight excluding hydrogens is 288 g/mol. The number of carbonyl (C=O) groups is 1. The van der Waals surface area contributed by atoms with Crippen LogP contribution in [0.5, 0.6) is 0 Å². The molecule has 4 nitrogen and oxygen atoms in total. The number of carbonyl (C=O) groups excluding carboxylic acids is 1. The lowest BCUT2D eigenvalue weighted by Crippen LogP contribution is -2.44. The van der Waals surface area contributed by atoms with Crippen LogP contribution in [0.1, 0.15) is 45.4 Å². The van der Waals surface area contributed by atoms with Crippen LogP contribution in [0.3, 0.4) is 0 Å². The second-order valence-corrected chi connectivity index (χ2v) is 6.96. The fourth-order valence-electron chi connectivity index (χ4n) is 4.47. The molecule has 2 N–H and O–H groups in total. The van der Waals surface area contributed by atoms with Gasteiger partial charge >= 0.3 is 0 Å². The minimum Gasteiger partial charge on any atom is -0.377 e. The standard InChI is InChI=1S/C16H28N2O2.ClH/c1-11(15-8-12-4-5-13(15)7-12)18-16(19)10-17-9-14-3-2-6-20-14;/h11-15,17H,2-10H2,1H3,(H,18,19);1H. The Balaban J connectivity index is 0.00000161. The van der Waals surface area contributed by atoms with Crippen LogP contribution in [-0.4, -0.2) is 37.7 Å². The van der Waals surface area contributed by atoms with Gasteiger partial charge < -0.3 is 15.4 Å². The maximum absolute atomic E-state index is 12.0. The van der Waals surface area contributed by atoms with Gasteiger partial charge in [-0.3, -0.25) is 4.79 Å². The largest absolute Gasteiger partial charge is 0.377 e. The molecule has 0 aromatic heterocycles. The van der Waals surface area contributed by atoms with Crippen molar-refractivity contribution >= 4 is 18.3 Å². The van der Waals surface area contributed by atoms with Crippen molar-refractivity contribution in [3.05, 3.63) is 0 Å². The molecule has 0 aromatic rings. The van der Waals surface area contributed by atoms with Gasteiger partial charge in [-0.15, -0.1) is 12.4 Å². The molecule has 0 spiro atoms. The summed E-state index contributed by atoms with van der Waals surface area (Å²) in [7, 11) is 0. The molecule has 2 bridgehead atoms. The lowest BCUT2D eigenvalue weighted by molar-refractivity contribution is -0.121. The zero-order valence-corrected chi connectivity index (χ0v) is 13.8. The molecule has 1 aliphatic heterocycles. The minimum absolute atomic E-state index is 0. The van der Waals surface area contributed by atoms with E-state index in [1.807, 2.05) is 0 Å². The van der Waals surface area contributed by atoms with E-state index in [2.05, 4.69) is 17.6 Å². The molecule has 5 heteroatoms. The number of hydrogen-bond acceptors (Lipinski definition) is 3. The lowest BCUT2D eigenvalue weighted by Gasteiger charge is -2.28. The molecule has 5 atom stereocenters. The van der Waals surface area contributed by atoms with E-state index in [1.54, 1.807) is 0 Å². The number of hydrogen-bond donors (Lipinski definition) is 2. The molecule has 122 valence electrons. The number of fused-ring (bicyclic) bond motifs is 2. The number of amides is 1. The molecule has 1 heterocycles. The Bertz CT molecular complexity index is 347. The van der Waals surface area contributed by atoms with E-state index >= 15 is 0 Å². The van der Waals surface area contributed by atoms with Crippen molar-refractivity contribution in [3.8, 4) is 0 Å². The molecule has 0 aromatic carbocycles. The van der Waals surface area contributed by atoms with E-state index in [-0.39, 0.29) is 18.3 Å². The smallest absolute Gasteiger partial charge is 0.234 e. The zero-order chi connectivity index (χ0) is 13.9. The van der Waals surface area contributed by atoms with Crippen molar-refractivity contribution in [2.24, 2.45) is 17.8 Å². The Labute approximate surface area is 134 Å². The molecule has 3 rings (SSSR count). The van der Waals surface area contributed by atoms with Crippen molar-refractivity contribution < 1.29 is 9.53 Å². The second-order valence-electron chi connectivity index (χ2n) is 6.96. The predicted octanol–water partition coefficient (Wildman–Crippen LogP) is 2.12. The zero-order valence-electron chi connectivity index (χ0n) is 13.0. The summed E-state index contributed by atoms with van der Waals surface area (Å²) >= 11 is 0. The molecule has 1 saturated heterocycles. The second kappa shape index (κ2) is 7.80.